The zero-order valence-corrected chi connectivity index (χ0v) is 9.00. The molecular weight excluding hydrogens is 263 g/mol. The number of nitrogens with zero attached hydrogens (tertiary/aromatic N) is 1. The zero-order valence-electron chi connectivity index (χ0n) is 8.24. The summed E-state index contributed by atoms with van der Waals surface area (Å²) in [6.07, 6.45) is -5.14. The number of aliphatic hydroxyl groups is 1. The quantitative estimate of drug-likeness (QED) is 0.677. The van der Waals surface area contributed by atoms with Crippen LogP contribution in [0.15, 0.2) is 24.3 Å². The molecule has 0 aromatic heterocycles. The van der Waals surface area contributed by atoms with Gasteiger partial charge in [0.05, 0.1) is 0 Å². The third-order valence-electron chi connectivity index (χ3n) is 2.15. The van der Waals surface area contributed by atoms with Crippen LogP contribution < -0.4 is 0 Å². The summed E-state index contributed by atoms with van der Waals surface area (Å²) in [7, 11) is 0. The second-order valence-electron chi connectivity index (χ2n) is 3.36. The SMILES string of the molecule is O=[N+]([O-])CC(O)(c1ccc(Cl)cc1)C(F)(F)F. The van der Waals surface area contributed by atoms with E-state index in [-0.39, 0.29) is 5.02 Å². The van der Waals surface area contributed by atoms with Gasteiger partial charge in [-0.1, -0.05) is 23.7 Å². The van der Waals surface area contributed by atoms with E-state index in [9.17, 15) is 28.4 Å². The fourth-order valence-corrected chi connectivity index (χ4v) is 1.38. The van der Waals surface area contributed by atoms with Crippen LogP contribution in [0.3, 0.4) is 0 Å². The molecule has 0 aliphatic heterocycles. The van der Waals surface area contributed by atoms with E-state index >= 15 is 0 Å². The van der Waals surface area contributed by atoms with Crippen LogP contribution in [-0.2, 0) is 5.60 Å². The van der Waals surface area contributed by atoms with E-state index in [1.54, 1.807) is 0 Å². The molecule has 1 rings (SSSR count). The summed E-state index contributed by atoms with van der Waals surface area (Å²) in [6.45, 7) is -1.65. The van der Waals surface area contributed by atoms with Gasteiger partial charge in [-0.05, 0) is 17.7 Å². The lowest BCUT2D eigenvalue weighted by Gasteiger charge is -2.26. The highest BCUT2D eigenvalue weighted by Gasteiger charge is 2.58. The van der Waals surface area contributed by atoms with Crippen molar-refractivity contribution in [2.75, 3.05) is 6.54 Å². The minimum absolute atomic E-state index is 0.166. The van der Waals surface area contributed by atoms with Gasteiger partial charge in [-0.2, -0.15) is 13.2 Å². The van der Waals surface area contributed by atoms with E-state index in [1.165, 1.54) is 0 Å². The monoisotopic (exact) mass is 269 g/mol. The molecule has 0 spiro atoms. The van der Waals surface area contributed by atoms with Crippen LogP contribution in [0, 0.1) is 10.1 Å². The minimum atomic E-state index is -5.14. The van der Waals surface area contributed by atoms with Gasteiger partial charge >= 0.3 is 6.18 Å². The lowest BCUT2D eigenvalue weighted by atomic mass is 9.93. The Labute approximate surface area is 98.8 Å². The molecule has 0 bridgehead atoms. The number of hydrogen-bond donors (Lipinski definition) is 1. The lowest BCUT2D eigenvalue weighted by Crippen LogP contribution is -2.47. The number of halogens is 4. The molecule has 0 aliphatic rings. The molecule has 1 atom stereocenters. The number of benzene rings is 1. The molecule has 0 amide bonds. The van der Waals surface area contributed by atoms with E-state index < -0.39 is 28.8 Å². The third kappa shape index (κ3) is 2.86. The Morgan fingerprint density at radius 3 is 2.12 bits per heavy atom. The molecule has 1 N–H and O–H groups in total. The van der Waals surface area contributed by atoms with Crippen molar-refractivity contribution in [3.05, 3.63) is 45.0 Å². The maximum absolute atomic E-state index is 12.7. The smallest absolute Gasteiger partial charge is 0.371 e. The van der Waals surface area contributed by atoms with Crippen molar-refractivity contribution in [1.82, 2.24) is 0 Å². The van der Waals surface area contributed by atoms with Crippen molar-refractivity contribution in [3.63, 3.8) is 0 Å². The van der Waals surface area contributed by atoms with Gasteiger partial charge in [0.2, 0.25) is 6.54 Å². The molecule has 4 nitrogen and oxygen atoms in total. The van der Waals surface area contributed by atoms with Crippen LogP contribution >= 0.6 is 11.6 Å². The van der Waals surface area contributed by atoms with Gasteiger partial charge in [-0.3, -0.25) is 10.1 Å². The molecule has 0 saturated carbocycles. The fourth-order valence-electron chi connectivity index (χ4n) is 1.26. The molecule has 94 valence electrons. The number of hydrogen-bond acceptors (Lipinski definition) is 3. The molecule has 8 heteroatoms. The Morgan fingerprint density at radius 2 is 1.76 bits per heavy atom. The van der Waals surface area contributed by atoms with Crippen molar-refractivity contribution < 1.29 is 23.2 Å². The molecule has 1 aromatic rings. The Kier molecular flexibility index (Phi) is 3.63. The summed E-state index contributed by atoms with van der Waals surface area (Å²) in [6, 6.07) is 4.04. The van der Waals surface area contributed by atoms with E-state index in [2.05, 4.69) is 0 Å². The highest BCUT2D eigenvalue weighted by atomic mass is 35.5. The summed E-state index contributed by atoms with van der Waals surface area (Å²) in [5.41, 5.74) is -4.13. The molecule has 1 unspecified atom stereocenters. The minimum Gasteiger partial charge on any atom is -0.371 e. The Hall–Kier alpha value is -1.34. The van der Waals surface area contributed by atoms with E-state index in [4.69, 9.17) is 11.6 Å². The summed E-state index contributed by atoms with van der Waals surface area (Å²) in [5.74, 6) is 0. The second kappa shape index (κ2) is 4.50. The van der Waals surface area contributed by atoms with Crippen LogP contribution in [0.2, 0.25) is 5.02 Å². The molecule has 0 fully saturated rings. The van der Waals surface area contributed by atoms with Crippen molar-refractivity contribution >= 4 is 11.6 Å². The van der Waals surface area contributed by atoms with Gasteiger partial charge in [0.15, 0.2) is 0 Å². The summed E-state index contributed by atoms with van der Waals surface area (Å²) < 4.78 is 38.0. The van der Waals surface area contributed by atoms with Gasteiger partial charge in [-0.25, -0.2) is 0 Å². The van der Waals surface area contributed by atoms with Crippen LogP contribution in [0.4, 0.5) is 13.2 Å². The second-order valence-corrected chi connectivity index (χ2v) is 3.79. The lowest BCUT2D eigenvalue weighted by molar-refractivity contribution is -0.519. The molecular formula is C9H7ClF3NO3. The van der Waals surface area contributed by atoms with Crippen molar-refractivity contribution in [3.8, 4) is 0 Å². The Bertz CT molecular complexity index is 420. The molecule has 0 saturated heterocycles. The molecule has 0 heterocycles. The van der Waals surface area contributed by atoms with Crippen LogP contribution in [0.1, 0.15) is 5.56 Å². The zero-order chi connectivity index (χ0) is 13.3. The van der Waals surface area contributed by atoms with Gasteiger partial charge in [0, 0.05) is 9.95 Å². The maximum atomic E-state index is 12.7. The first-order valence-electron chi connectivity index (χ1n) is 4.34. The summed E-state index contributed by atoms with van der Waals surface area (Å²) in [5, 5.41) is 19.9. The van der Waals surface area contributed by atoms with Crippen molar-refractivity contribution in [2.24, 2.45) is 0 Å². The van der Waals surface area contributed by atoms with E-state index in [0.29, 0.717) is 0 Å². The highest BCUT2D eigenvalue weighted by Crippen LogP contribution is 2.39. The average Bonchev–Trinajstić information content (AvgIpc) is 2.15. The van der Waals surface area contributed by atoms with Gasteiger partial charge in [0.1, 0.15) is 0 Å². The maximum Gasteiger partial charge on any atom is 0.428 e. The first-order chi connectivity index (χ1) is 7.67. The number of rotatable bonds is 3. The van der Waals surface area contributed by atoms with Gasteiger partial charge in [0.25, 0.3) is 5.60 Å². The first kappa shape index (κ1) is 13.7. The molecule has 0 radical (unpaired) electrons. The van der Waals surface area contributed by atoms with Gasteiger partial charge < -0.3 is 5.11 Å². The Balaban J connectivity index is 3.24. The molecule has 1 aromatic carbocycles. The van der Waals surface area contributed by atoms with Crippen LogP contribution in [0.5, 0.6) is 0 Å². The predicted octanol–water partition coefficient (Wildman–Crippen LogP) is 2.37. The summed E-state index contributed by atoms with van der Waals surface area (Å²) in [4.78, 5) is 9.00. The fraction of sp³-hybridized carbons (Fsp3) is 0.333. The summed E-state index contributed by atoms with van der Waals surface area (Å²) >= 11 is 5.48. The largest absolute Gasteiger partial charge is 0.428 e. The number of alkyl halides is 3. The van der Waals surface area contributed by atoms with E-state index in [0.717, 1.165) is 24.3 Å². The molecule has 0 aliphatic carbocycles. The predicted molar refractivity (Wildman–Crippen MR) is 53.3 cm³/mol. The highest BCUT2D eigenvalue weighted by molar-refractivity contribution is 6.30. The molecule has 17 heavy (non-hydrogen) atoms. The standard InChI is InChI=1S/C9H7ClF3NO3/c10-7-3-1-6(2-4-7)8(15,5-14(16)17)9(11,12)13/h1-4,15H,5H2. The first-order valence-corrected chi connectivity index (χ1v) is 4.71. The van der Waals surface area contributed by atoms with Crippen molar-refractivity contribution in [1.29, 1.82) is 0 Å². The third-order valence-corrected chi connectivity index (χ3v) is 2.40. The van der Waals surface area contributed by atoms with E-state index in [1.807, 2.05) is 0 Å². The average molecular weight is 270 g/mol. The number of nitro groups is 1. The van der Waals surface area contributed by atoms with Crippen molar-refractivity contribution in [2.45, 2.75) is 11.8 Å². The normalized spacial score (nSPS) is 15.4. The van der Waals surface area contributed by atoms with Crippen LogP contribution in [0.25, 0.3) is 0 Å². The van der Waals surface area contributed by atoms with Gasteiger partial charge in [-0.15, -0.1) is 0 Å². The van der Waals surface area contributed by atoms with Crippen LogP contribution in [-0.4, -0.2) is 22.8 Å². The topological polar surface area (TPSA) is 63.4 Å². The Morgan fingerprint density at radius 1 is 1.29 bits per heavy atom.